The van der Waals surface area contributed by atoms with Crippen molar-refractivity contribution < 1.29 is 9.59 Å². The predicted molar refractivity (Wildman–Crippen MR) is 127 cm³/mol. The summed E-state index contributed by atoms with van der Waals surface area (Å²) in [4.78, 5) is 26.7. The topological polar surface area (TPSA) is 62.3 Å². The van der Waals surface area contributed by atoms with Crippen LogP contribution in [-0.2, 0) is 0 Å². The Hall–Kier alpha value is -4.75. The maximum atomic E-state index is 13.4. The van der Waals surface area contributed by atoms with Crippen LogP contribution in [0.3, 0.4) is 0 Å². The average Bonchev–Trinajstić information content (AvgIpc) is 3.27. The van der Waals surface area contributed by atoms with Crippen molar-refractivity contribution in [3.63, 3.8) is 0 Å². The Balaban J connectivity index is 1.59. The van der Waals surface area contributed by atoms with E-state index < -0.39 is 0 Å². The highest BCUT2D eigenvalue weighted by Crippen LogP contribution is 2.25. The SMILES string of the molecule is N#Cc1ccn2c(C(=O)c3ccc(-c4ccccc4)cc3)cc(C(=O)c3ccccc3)c2c1. The Kier molecular flexibility index (Phi) is 5.14. The maximum absolute atomic E-state index is 13.4. The van der Waals surface area contributed by atoms with Crippen molar-refractivity contribution >= 4 is 17.1 Å². The summed E-state index contributed by atoms with van der Waals surface area (Å²) in [5, 5.41) is 9.35. The van der Waals surface area contributed by atoms with Gasteiger partial charge in [-0.25, -0.2) is 0 Å². The van der Waals surface area contributed by atoms with Crippen LogP contribution in [0.15, 0.2) is 109 Å². The van der Waals surface area contributed by atoms with Crippen LogP contribution in [0.4, 0.5) is 0 Å². The van der Waals surface area contributed by atoms with E-state index in [-0.39, 0.29) is 11.6 Å². The molecule has 156 valence electrons. The lowest BCUT2D eigenvalue weighted by Gasteiger charge is -2.05. The highest BCUT2D eigenvalue weighted by molar-refractivity contribution is 6.17. The molecule has 0 aliphatic carbocycles. The van der Waals surface area contributed by atoms with Crippen LogP contribution in [0, 0.1) is 11.3 Å². The molecule has 3 aromatic carbocycles. The van der Waals surface area contributed by atoms with E-state index >= 15 is 0 Å². The lowest BCUT2D eigenvalue weighted by atomic mass is 10.0. The molecule has 2 heterocycles. The fraction of sp³-hybridized carbons (Fsp3) is 0. The van der Waals surface area contributed by atoms with Crippen molar-refractivity contribution in [3.8, 4) is 17.2 Å². The Bertz CT molecular complexity index is 1520. The number of pyridine rings is 1. The zero-order valence-corrected chi connectivity index (χ0v) is 17.6. The Morgan fingerprint density at radius 2 is 1.27 bits per heavy atom. The number of hydrogen-bond acceptors (Lipinski definition) is 3. The van der Waals surface area contributed by atoms with Crippen LogP contribution in [0.25, 0.3) is 16.6 Å². The molecule has 2 aromatic heterocycles. The molecular formula is C29H18N2O2. The van der Waals surface area contributed by atoms with Crippen LogP contribution < -0.4 is 0 Å². The first-order chi connectivity index (χ1) is 16.2. The molecule has 5 aromatic rings. The first kappa shape index (κ1) is 20.2. The van der Waals surface area contributed by atoms with Crippen LogP contribution in [0.5, 0.6) is 0 Å². The normalized spacial score (nSPS) is 10.6. The molecule has 5 rings (SSSR count). The highest BCUT2D eigenvalue weighted by atomic mass is 16.1. The van der Waals surface area contributed by atoms with Crippen LogP contribution in [-0.4, -0.2) is 16.0 Å². The van der Waals surface area contributed by atoms with E-state index in [1.165, 1.54) is 0 Å². The second-order valence-corrected chi connectivity index (χ2v) is 7.69. The molecule has 33 heavy (non-hydrogen) atoms. The molecule has 0 aliphatic rings. The van der Waals surface area contributed by atoms with E-state index in [2.05, 4.69) is 6.07 Å². The van der Waals surface area contributed by atoms with Crippen LogP contribution in [0.2, 0.25) is 0 Å². The summed E-state index contributed by atoms with van der Waals surface area (Å²) in [6, 6.07) is 33.3. The quantitative estimate of drug-likeness (QED) is 0.327. The van der Waals surface area contributed by atoms with Crippen molar-refractivity contribution in [2.75, 3.05) is 0 Å². The number of carbonyl (C=O) groups is 2. The zero-order valence-electron chi connectivity index (χ0n) is 17.6. The van der Waals surface area contributed by atoms with Gasteiger partial charge in [-0.05, 0) is 29.3 Å². The molecule has 0 N–H and O–H groups in total. The summed E-state index contributed by atoms with van der Waals surface area (Å²) in [5.41, 5.74) is 4.87. The number of carbonyl (C=O) groups excluding carboxylic acids is 2. The molecule has 4 heteroatoms. The number of nitriles is 1. The van der Waals surface area contributed by atoms with E-state index in [9.17, 15) is 14.9 Å². The molecule has 0 aliphatic heterocycles. The van der Waals surface area contributed by atoms with Crippen molar-refractivity contribution in [2.24, 2.45) is 0 Å². The monoisotopic (exact) mass is 426 g/mol. The first-order valence-corrected chi connectivity index (χ1v) is 10.5. The molecular weight excluding hydrogens is 408 g/mol. The van der Waals surface area contributed by atoms with Gasteiger partial charge in [-0.2, -0.15) is 5.26 Å². The second kappa shape index (κ2) is 8.41. The van der Waals surface area contributed by atoms with Crippen LogP contribution >= 0.6 is 0 Å². The standard InChI is InChI=1S/C29H18N2O2/c30-19-20-15-16-31-26(17-20)25(28(32)23-9-5-2-6-10-23)18-27(31)29(33)24-13-11-22(12-14-24)21-7-3-1-4-8-21/h1-18H. The van der Waals surface area contributed by atoms with Gasteiger partial charge in [-0.1, -0.05) is 84.9 Å². The van der Waals surface area contributed by atoms with E-state index in [0.717, 1.165) is 11.1 Å². The summed E-state index contributed by atoms with van der Waals surface area (Å²) in [6.07, 6.45) is 1.67. The Labute approximate surface area is 191 Å². The molecule has 0 bridgehead atoms. The maximum Gasteiger partial charge on any atom is 0.209 e. The smallest absolute Gasteiger partial charge is 0.209 e. The summed E-state index contributed by atoms with van der Waals surface area (Å²) >= 11 is 0. The van der Waals surface area contributed by atoms with Crippen molar-refractivity contribution in [3.05, 3.63) is 137 Å². The molecule has 0 fully saturated rings. The average molecular weight is 426 g/mol. The molecule has 0 atom stereocenters. The lowest BCUT2D eigenvalue weighted by Crippen LogP contribution is -2.05. The molecule has 4 nitrogen and oxygen atoms in total. The van der Waals surface area contributed by atoms with Gasteiger partial charge < -0.3 is 4.40 Å². The van der Waals surface area contributed by atoms with E-state index in [4.69, 9.17) is 0 Å². The third kappa shape index (κ3) is 3.73. The zero-order chi connectivity index (χ0) is 22.8. The Morgan fingerprint density at radius 3 is 1.94 bits per heavy atom. The summed E-state index contributed by atoms with van der Waals surface area (Å²) in [5.74, 6) is -0.386. The van der Waals surface area contributed by atoms with Gasteiger partial charge in [0.1, 0.15) is 0 Å². The summed E-state index contributed by atoms with van der Waals surface area (Å²) in [6.45, 7) is 0. The van der Waals surface area contributed by atoms with Gasteiger partial charge in [0.25, 0.3) is 0 Å². The number of benzene rings is 3. The van der Waals surface area contributed by atoms with E-state index in [1.54, 1.807) is 65.2 Å². The van der Waals surface area contributed by atoms with Crippen LogP contribution in [0.1, 0.15) is 37.5 Å². The van der Waals surface area contributed by atoms with Gasteiger partial charge in [-0.3, -0.25) is 9.59 Å². The number of fused-ring (bicyclic) bond motifs is 1. The number of nitrogens with zero attached hydrogens (tertiary/aromatic N) is 2. The number of ketones is 2. The number of hydrogen-bond donors (Lipinski definition) is 0. The van der Waals surface area contributed by atoms with E-state index in [0.29, 0.717) is 33.5 Å². The van der Waals surface area contributed by atoms with E-state index in [1.807, 2.05) is 48.5 Å². The molecule has 0 amide bonds. The molecule has 0 saturated heterocycles. The highest BCUT2D eigenvalue weighted by Gasteiger charge is 2.22. The van der Waals surface area contributed by atoms with Crippen molar-refractivity contribution in [1.82, 2.24) is 4.40 Å². The number of aromatic nitrogens is 1. The molecule has 0 spiro atoms. The second-order valence-electron chi connectivity index (χ2n) is 7.69. The molecule has 0 radical (unpaired) electrons. The fourth-order valence-corrected chi connectivity index (χ4v) is 3.96. The molecule has 0 unspecified atom stereocenters. The minimum Gasteiger partial charge on any atom is -0.313 e. The van der Waals surface area contributed by atoms with Crippen molar-refractivity contribution in [2.45, 2.75) is 0 Å². The molecule has 0 saturated carbocycles. The fourth-order valence-electron chi connectivity index (χ4n) is 3.96. The van der Waals surface area contributed by atoms with Gasteiger partial charge in [0.15, 0.2) is 5.78 Å². The van der Waals surface area contributed by atoms with Gasteiger partial charge in [0.05, 0.1) is 22.8 Å². The lowest BCUT2D eigenvalue weighted by molar-refractivity contribution is 0.103. The largest absolute Gasteiger partial charge is 0.313 e. The van der Waals surface area contributed by atoms with Gasteiger partial charge in [0, 0.05) is 22.9 Å². The predicted octanol–water partition coefficient (Wildman–Crippen LogP) is 5.94. The summed E-state index contributed by atoms with van der Waals surface area (Å²) in [7, 11) is 0. The van der Waals surface area contributed by atoms with Crippen molar-refractivity contribution in [1.29, 1.82) is 5.26 Å². The first-order valence-electron chi connectivity index (χ1n) is 10.5. The third-order valence-corrected chi connectivity index (χ3v) is 5.67. The third-order valence-electron chi connectivity index (χ3n) is 5.67. The van der Waals surface area contributed by atoms with Gasteiger partial charge in [-0.15, -0.1) is 0 Å². The number of rotatable bonds is 5. The minimum absolute atomic E-state index is 0.193. The minimum atomic E-state index is -0.193. The Morgan fingerprint density at radius 1 is 0.667 bits per heavy atom. The van der Waals surface area contributed by atoms with Gasteiger partial charge in [0.2, 0.25) is 5.78 Å². The van der Waals surface area contributed by atoms with Gasteiger partial charge >= 0.3 is 0 Å². The summed E-state index contributed by atoms with van der Waals surface area (Å²) < 4.78 is 1.68.